The maximum atomic E-state index is 13.4. The first-order chi connectivity index (χ1) is 51.4. The van der Waals surface area contributed by atoms with Gasteiger partial charge in [-0.05, 0) is 110 Å². The van der Waals surface area contributed by atoms with Crippen LogP contribution in [0, 0.1) is 35.3 Å². The minimum Gasteiger partial charge on any atom is -0.507 e. The Labute approximate surface area is 623 Å². The fraction of sp³-hybridized carbons (Fsp3) is 0.140. The van der Waals surface area contributed by atoms with Crippen molar-refractivity contribution in [1.29, 1.82) is 5.26 Å². The number of nitrogen functional groups attached to an aromatic ring is 1. The van der Waals surface area contributed by atoms with E-state index in [1.165, 1.54) is 38.1 Å². The topological polar surface area (TPSA) is 684 Å². The Kier molecular flexibility index (Phi) is 26.2. The van der Waals surface area contributed by atoms with Crippen LogP contribution in [0.5, 0.6) is 28.7 Å². The first-order valence-corrected chi connectivity index (χ1v) is 38.9. The highest BCUT2D eigenvalue weighted by Gasteiger charge is 2.31. The van der Waals surface area contributed by atoms with E-state index >= 15 is 0 Å². The second kappa shape index (κ2) is 34.5. The number of nitro groups is 1. The van der Waals surface area contributed by atoms with E-state index in [-0.39, 0.29) is 111 Å². The molecular formula is C57H47N13O31S8. The van der Waals surface area contributed by atoms with Gasteiger partial charge in [-0.25, -0.2) is 15.8 Å². The van der Waals surface area contributed by atoms with Crippen LogP contribution in [0.25, 0.3) is 32.3 Å². The summed E-state index contributed by atoms with van der Waals surface area (Å²) in [7, 11) is -26.8. The highest BCUT2D eigenvalue weighted by molar-refractivity contribution is 7.95. The van der Waals surface area contributed by atoms with E-state index in [0.717, 1.165) is 54.6 Å². The molecule has 13 N–H and O–H groups in total. The molecule has 0 unspecified atom stereocenters. The fourth-order valence-electron chi connectivity index (χ4n) is 9.82. The molecule has 52 heteroatoms. The van der Waals surface area contributed by atoms with Gasteiger partial charge in [0.2, 0.25) is 0 Å². The normalized spacial score (nSPS) is 12.7. The van der Waals surface area contributed by atoms with E-state index in [1.54, 1.807) is 6.07 Å². The SMILES string of the molecule is Cc1cc(N=Nc2c(S(=O)(=O)O)cc3c(S(=O)(=O)O)c(N=Nc4cc(S(=O)(=O)O)c5cc(SOOO)c(N=Nc6ccc([N+](=O)[O-])cc6C#N)c(O)c5c4N)ccc3c2O)c(OCCCSOOO)cc1N=Nc1cc(C)c(N=Nc2cc(S(=O)(=O)O)cc3cc(S(=O)(=O)O)cc(O)c23)cc1OCCCSOOO. The number of hydrogen-bond acceptors (Lipinski definition) is 41. The molecule has 0 aliphatic rings. The number of rotatable bonds is 33. The van der Waals surface area contributed by atoms with Gasteiger partial charge in [0.25, 0.3) is 56.3 Å². The van der Waals surface area contributed by atoms with Gasteiger partial charge in [-0.2, -0.15) is 57.6 Å². The standard InChI is InChI=1S/C57H47N13O31S8/c1-26-13-40(45(94-9-3-11-102-99-96-76)23-39(26)63-66-42-18-31(105(79,80)81)16-28-17-32(106(82,83)84)19-44(71)50(28)42)64-62-38-22-46(95-10-4-12-103-100-97-77)41(14-27(38)2)65-69-54-49(108(88,89)90)21-34-33(55(54)72)6-8-37(57(34)109(91,92)93)61-67-43-24-48(107(85,86)87)35-20-47(104-101-98-78)53(56(73)51(35)52(43)59)68-60-36-7-5-30(70(74)75)15-29(36)25-58/h5-8,13-24,71-73,76-78H,3-4,9-12,59H2,1-2H3,(H,79,80,81)(H,82,83,84)(H,85,86,87)(H,88,89,90)(H,91,92,93). The van der Waals surface area contributed by atoms with Crippen LogP contribution in [0.2, 0.25) is 0 Å². The first-order valence-electron chi connectivity index (χ1n) is 29.2. The first kappa shape index (κ1) is 82.7. The van der Waals surface area contributed by atoms with Crippen LogP contribution in [0.4, 0.5) is 68.2 Å². The number of nitrogens with two attached hydrogens (primary N) is 1. The average Bonchev–Trinajstić information content (AvgIpc) is 0.743. The number of nitriles is 1. The van der Waals surface area contributed by atoms with Gasteiger partial charge in [-0.1, -0.05) is 15.1 Å². The van der Waals surface area contributed by atoms with Crippen LogP contribution < -0.4 is 15.2 Å². The molecule has 574 valence electrons. The van der Waals surface area contributed by atoms with Crippen molar-refractivity contribution >= 4 is 187 Å². The minimum absolute atomic E-state index is 0.000308. The van der Waals surface area contributed by atoms with Crippen molar-refractivity contribution in [2.24, 2.45) is 51.1 Å². The molecule has 0 saturated carbocycles. The molecule has 9 rings (SSSR count). The molecule has 0 spiro atoms. The van der Waals surface area contributed by atoms with Crippen LogP contribution in [-0.4, -0.2) is 126 Å². The number of anilines is 1. The Bertz CT molecular complexity index is 5970. The van der Waals surface area contributed by atoms with Crippen molar-refractivity contribution in [3.8, 4) is 34.8 Å². The van der Waals surface area contributed by atoms with E-state index in [9.17, 15) is 95.5 Å². The number of hydrogen-bond donors (Lipinski definition) is 12. The van der Waals surface area contributed by atoms with Gasteiger partial charge < -0.3 is 30.5 Å². The van der Waals surface area contributed by atoms with E-state index in [0.29, 0.717) is 42.3 Å². The monoisotopic (exact) mass is 1670 g/mol. The zero-order chi connectivity index (χ0) is 79.7. The summed E-state index contributed by atoms with van der Waals surface area (Å²) in [5, 5.41) is 130. The van der Waals surface area contributed by atoms with Gasteiger partial charge in [0.1, 0.15) is 77.8 Å². The summed E-state index contributed by atoms with van der Waals surface area (Å²) >= 11 is 1.42. The Morgan fingerprint density at radius 2 is 1.00 bits per heavy atom. The summed E-state index contributed by atoms with van der Waals surface area (Å²) in [6.45, 7) is 2.72. The van der Waals surface area contributed by atoms with Gasteiger partial charge >= 0.3 is 0 Å². The summed E-state index contributed by atoms with van der Waals surface area (Å²) in [6, 6.07) is 16.3. The number of azo groups is 5. The van der Waals surface area contributed by atoms with Gasteiger partial charge in [0.15, 0.2) is 11.5 Å². The molecule has 0 fully saturated rings. The Balaban J connectivity index is 1.12. The quantitative estimate of drug-likeness (QED) is 0.00266. The van der Waals surface area contributed by atoms with Crippen LogP contribution in [0.1, 0.15) is 29.5 Å². The van der Waals surface area contributed by atoms with Gasteiger partial charge in [-0.3, -0.25) is 32.9 Å². The number of nitrogens with zero attached hydrogens (tertiary/aromatic N) is 12. The van der Waals surface area contributed by atoms with Gasteiger partial charge in [-0.15, -0.1) is 53.9 Å². The molecule has 0 aliphatic carbocycles. The highest BCUT2D eigenvalue weighted by atomic mass is 32.2. The maximum Gasteiger partial charge on any atom is 0.297 e. The second-order valence-corrected chi connectivity index (χ2v) is 30.9. The van der Waals surface area contributed by atoms with Crippen molar-refractivity contribution in [2.45, 2.75) is 56.1 Å². The third-order valence-corrected chi connectivity index (χ3v) is 20.8. The lowest BCUT2D eigenvalue weighted by molar-refractivity contribution is -0.432. The smallest absolute Gasteiger partial charge is 0.297 e. The molecule has 9 aromatic rings. The molecule has 0 bridgehead atoms. The lowest BCUT2D eigenvalue weighted by Crippen LogP contribution is -2.03. The lowest BCUT2D eigenvalue weighted by atomic mass is 10.0. The predicted octanol–water partition coefficient (Wildman–Crippen LogP) is 14.7. The Morgan fingerprint density at radius 3 is 1.53 bits per heavy atom. The van der Waals surface area contributed by atoms with Gasteiger partial charge in [0, 0.05) is 82.1 Å². The highest BCUT2D eigenvalue weighted by Crippen LogP contribution is 2.52. The van der Waals surface area contributed by atoms with Gasteiger partial charge in [0.05, 0.1) is 84.0 Å². The van der Waals surface area contributed by atoms with Crippen LogP contribution in [-0.2, 0) is 78.7 Å². The summed E-state index contributed by atoms with van der Waals surface area (Å²) < 4.78 is 205. The number of nitro benzene ring substituents is 1. The third kappa shape index (κ3) is 19.8. The zero-order valence-electron chi connectivity index (χ0n) is 54.3. The van der Waals surface area contributed by atoms with Crippen molar-refractivity contribution in [1.82, 2.24) is 0 Å². The largest absolute Gasteiger partial charge is 0.507 e. The number of fused-ring (bicyclic) bond motifs is 3. The van der Waals surface area contributed by atoms with Crippen LogP contribution in [0.3, 0.4) is 0 Å². The molecule has 44 nitrogen and oxygen atoms in total. The molecule has 109 heavy (non-hydrogen) atoms. The van der Waals surface area contributed by atoms with E-state index in [4.69, 9.17) is 31.0 Å². The molecule has 0 aliphatic heterocycles. The molecule has 0 aromatic heterocycles. The molecule has 0 radical (unpaired) electrons. The number of phenols is 3. The van der Waals surface area contributed by atoms with Crippen molar-refractivity contribution < 1.29 is 138 Å². The molecule has 0 amide bonds. The number of benzene rings is 9. The average molecular weight is 1670 g/mol. The van der Waals surface area contributed by atoms with E-state index in [2.05, 4.69) is 79.3 Å². The van der Waals surface area contributed by atoms with Crippen LogP contribution in [0.15, 0.2) is 178 Å². The van der Waals surface area contributed by atoms with Crippen molar-refractivity contribution in [3.63, 3.8) is 0 Å². The number of aromatic hydroxyl groups is 3. The van der Waals surface area contributed by atoms with Crippen molar-refractivity contribution in [3.05, 3.63) is 124 Å². The molecule has 9 aromatic carbocycles. The summed E-state index contributed by atoms with van der Waals surface area (Å²) in [5.74, 6) is -3.08. The van der Waals surface area contributed by atoms with Crippen molar-refractivity contribution in [2.75, 3.05) is 30.5 Å². The summed E-state index contributed by atoms with van der Waals surface area (Å²) in [4.78, 5) is 4.61. The summed E-state index contributed by atoms with van der Waals surface area (Å²) in [5.41, 5.74) is 0.734. The lowest BCUT2D eigenvalue weighted by Gasteiger charge is -2.15. The van der Waals surface area contributed by atoms with E-state index in [1.807, 2.05) is 0 Å². The molecule has 0 heterocycles. The number of non-ortho nitro benzene ring substituents is 1. The summed E-state index contributed by atoms with van der Waals surface area (Å²) in [6.07, 6.45) is 0.372. The predicted molar refractivity (Wildman–Crippen MR) is 377 cm³/mol. The van der Waals surface area contributed by atoms with E-state index < -0.39 is 169 Å². The number of phenolic OH excluding ortho intramolecular Hbond substituents is 3. The zero-order valence-corrected chi connectivity index (χ0v) is 60.8. The second-order valence-electron chi connectivity index (χ2n) is 21.6. The molecule has 0 saturated heterocycles. The third-order valence-electron chi connectivity index (χ3n) is 14.6. The molecular weight excluding hydrogens is 1620 g/mol. The number of ether oxygens (including phenoxy) is 2. The molecule has 0 atom stereocenters. The number of aryl methyl sites for hydroxylation is 2. The Hall–Kier alpha value is -10.3. The minimum atomic E-state index is -5.71. The van der Waals surface area contributed by atoms with Crippen LogP contribution >= 0.6 is 36.1 Å². The fourth-order valence-corrected chi connectivity index (χ4v) is 14.2. The Morgan fingerprint density at radius 1 is 0.495 bits per heavy atom. The maximum absolute atomic E-state index is 13.4.